The van der Waals surface area contributed by atoms with Gasteiger partial charge in [0.25, 0.3) is 10.1 Å². The first-order valence-electron chi connectivity index (χ1n) is 5.93. The van der Waals surface area contributed by atoms with Crippen LogP contribution >= 0.6 is 0 Å². The summed E-state index contributed by atoms with van der Waals surface area (Å²) in [4.78, 5) is 26.7. The van der Waals surface area contributed by atoms with Gasteiger partial charge < -0.3 is 0 Å². The first-order valence-corrected chi connectivity index (χ1v) is 7.34. The molecule has 1 aromatic rings. The second kappa shape index (κ2) is 6.62. The predicted molar refractivity (Wildman–Crippen MR) is 72.6 cm³/mol. The maximum Gasteiger partial charge on any atom is 0.702 e. The van der Waals surface area contributed by atoms with Gasteiger partial charge in [0.15, 0.2) is 21.2 Å². The normalized spacial score (nSPS) is 11.9. The molecule has 0 aliphatic heterocycles. The van der Waals surface area contributed by atoms with Crippen molar-refractivity contribution in [3.8, 4) is 0 Å². The fraction of sp³-hybridized carbons (Fsp3) is 0.400. The Morgan fingerprint density at radius 1 is 1.00 bits per heavy atom. The van der Waals surface area contributed by atoms with Gasteiger partial charge in [-0.25, -0.2) is 0 Å². The highest BCUT2D eigenvalue weighted by atomic mass is 32.2. The lowest BCUT2D eigenvalue weighted by atomic mass is 10.2. The summed E-state index contributed by atoms with van der Waals surface area (Å²) in [5.41, 5.74) is 0.762. The average molecular weight is 349 g/mol. The lowest BCUT2D eigenvalue weighted by Gasteiger charge is -2.09. The van der Waals surface area contributed by atoms with Crippen molar-refractivity contribution in [2.24, 2.45) is 0 Å². The summed E-state index contributed by atoms with van der Waals surface area (Å²) >= 11 is 0. The van der Waals surface area contributed by atoms with E-state index in [0.717, 1.165) is 5.56 Å². The highest BCUT2D eigenvalue weighted by molar-refractivity contribution is 7.86. The Morgan fingerprint density at radius 2 is 1.43 bits per heavy atom. The van der Waals surface area contributed by atoms with Gasteiger partial charge in [0.1, 0.15) is 0 Å². The summed E-state index contributed by atoms with van der Waals surface area (Å²) in [6, 6.07) is 5.33. The lowest BCUT2D eigenvalue weighted by Crippen LogP contribution is -2.53. The van der Waals surface area contributed by atoms with Gasteiger partial charge in [-0.2, -0.15) is 8.42 Å². The van der Waals surface area contributed by atoms with E-state index in [4.69, 9.17) is 0 Å². The minimum atomic E-state index is -4.34. The highest BCUT2D eigenvalue weighted by Crippen LogP contribution is 2.19. The molecule has 0 atom stereocenters. The number of benzene rings is 1. The topological polar surface area (TPSA) is 173 Å². The van der Waals surface area contributed by atoms with Crippen LogP contribution in [0.2, 0.25) is 0 Å². The molecule has 0 radical (unpaired) electrons. The van der Waals surface area contributed by atoms with Crippen LogP contribution in [0.5, 0.6) is 0 Å². The van der Waals surface area contributed by atoms with Crippen LogP contribution in [0, 0.1) is 37.3 Å². The molecule has 0 aliphatic carbocycles. The van der Waals surface area contributed by atoms with Gasteiger partial charge in [0.05, 0.1) is 11.5 Å². The molecule has 12 nitrogen and oxygen atoms in total. The van der Waals surface area contributed by atoms with Crippen molar-refractivity contribution >= 4 is 10.1 Å². The second-order valence-corrected chi connectivity index (χ2v) is 6.00. The number of hydrogen-bond donors (Lipinski definition) is 0. The molecule has 0 aliphatic rings. The number of nitrogens with zero attached hydrogens (tertiary/aromatic N) is 3. The zero-order valence-electron chi connectivity index (χ0n) is 11.6. The maximum absolute atomic E-state index is 11.8. The van der Waals surface area contributed by atoms with Crippen molar-refractivity contribution in [3.63, 3.8) is 0 Å². The minimum absolute atomic E-state index is 0.281. The number of aryl methyl sites for hydroxylation is 1. The van der Waals surface area contributed by atoms with Crippen molar-refractivity contribution in [2.75, 3.05) is 6.61 Å². The quantitative estimate of drug-likeness (QED) is 0.281. The van der Waals surface area contributed by atoms with Crippen molar-refractivity contribution in [1.29, 1.82) is 0 Å². The van der Waals surface area contributed by atoms with E-state index in [-0.39, 0.29) is 4.90 Å². The predicted octanol–water partition coefficient (Wildman–Crippen LogP) is 0.574. The summed E-state index contributed by atoms with van der Waals surface area (Å²) < 4.78 is 28.0. The molecule has 0 spiro atoms. The standard InChI is InChI=1S/C10H11N3O9S/c1-8-2-4-9(5-3-8)23(20,21)22-7-6-10(11(14)15,12(16)17)13(18)19/h2-5H,6-7H2,1H3. The molecule has 0 aromatic heterocycles. The van der Waals surface area contributed by atoms with E-state index in [0.29, 0.717) is 0 Å². The number of rotatable bonds is 8. The molecule has 0 N–H and O–H groups in total. The van der Waals surface area contributed by atoms with Crippen LogP contribution in [0.15, 0.2) is 29.2 Å². The van der Waals surface area contributed by atoms with Crippen LogP contribution in [0.25, 0.3) is 0 Å². The van der Waals surface area contributed by atoms with Crippen molar-refractivity contribution in [1.82, 2.24) is 0 Å². The zero-order chi connectivity index (χ0) is 17.8. The molecule has 23 heavy (non-hydrogen) atoms. The third-order valence-electron chi connectivity index (χ3n) is 2.86. The van der Waals surface area contributed by atoms with Gasteiger partial charge in [-0.05, 0) is 19.1 Å². The molecule has 0 unspecified atom stereocenters. The average Bonchev–Trinajstić information content (AvgIpc) is 2.42. The van der Waals surface area contributed by atoms with E-state index in [1.807, 2.05) is 0 Å². The van der Waals surface area contributed by atoms with Gasteiger partial charge >= 0.3 is 5.79 Å². The Hall–Kier alpha value is -2.67. The molecule has 1 aromatic carbocycles. The van der Waals surface area contributed by atoms with Crippen LogP contribution in [-0.2, 0) is 14.3 Å². The van der Waals surface area contributed by atoms with Gasteiger partial charge in [-0.15, -0.1) is 0 Å². The first-order chi connectivity index (χ1) is 10.5. The minimum Gasteiger partial charge on any atom is -0.265 e. The highest BCUT2D eigenvalue weighted by Gasteiger charge is 2.69. The Kier molecular flexibility index (Phi) is 5.29. The molecule has 0 heterocycles. The van der Waals surface area contributed by atoms with Crippen molar-refractivity contribution in [2.45, 2.75) is 24.0 Å². The van der Waals surface area contributed by atoms with E-state index in [2.05, 4.69) is 4.18 Å². The van der Waals surface area contributed by atoms with E-state index >= 15 is 0 Å². The van der Waals surface area contributed by atoms with Crippen LogP contribution in [0.3, 0.4) is 0 Å². The Bertz CT molecular complexity index is 692. The van der Waals surface area contributed by atoms with E-state index in [1.165, 1.54) is 24.3 Å². The molecule has 0 saturated carbocycles. The molecular formula is C10H11N3O9S. The summed E-state index contributed by atoms with van der Waals surface area (Å²) in [5.74, 6) is -3.76. The number of hydrogen-bond acceptors (Lipinski definition) is 9. The molecule has 13 heteroatoms. The molecule has 0 fully saturated rings. The van der Waals surface area contributed by atoms with Crippen LogP contribution in [0.4, 0.5) is 0 Å². The van der Waals surface area contributed by atoms with Crippen molar-refractivity contribution in [3.05, 3.63) is 60.2 Å². The van der Waals surface area contributed by atoms with E-state index in [1.54, 1.807) is 6.92 Å². The molecule has 0 bridgehead atoms. The van der Waals surface area contributed by atoms with Crippen LogP contribution in [0.1, 0.15) is 12.0 Å². The third kappa shape index (κ3) is 3.75. The fourth-order valence-electron chi connectivity index (χ4n) is 1.54. The molecule has 0 saturated heterocycles. The second-order valence-electron chi connectivity index (χ2n) is 4.38. The maximum atomic E-state index is 11.8. The third-order valence-corrected chi connectivity index (χ3v) is 4.19. The smallest absolute Gasteiger partial charge is 0.265 e. The van der Waals surface area contributed by atoms with Gasteiger partial charge in [-0.1, -0.05) is 17.7 Å². The Morgan fingerprint density at radius 3 is 1.83 bits per heavy atom. The zero-order valence-corrected chi connectivity index (χ0v) is 12.5. The fourth-order valence-corrected chi connectivity index (χ4v) is 2.44. The molecule has 126 valence electrons. The largest absolute Gasteiger partial charge is 0.702 e. The first kappa shape index (κ1) is 18.4. The monoisotopic (exact) mass is 349 g/mol. The Balaban J connectivity index is 2.92. The Labute approximate surface area is 129 Å². The summed E-state index contributed by atoms with van der Waals surface area (Å²) in [6.45, 7) is 0.607. The van der Waals surface area contributed by atoms with E-state index in [9.17, 15) is 38.8 Å². The SMILES string of the molecule is Cc1ccc(S(=O)(=O)OCCC([N+](=O)[O-])([N+](=O)[O-])[N+](=O)[O-])cc1. The van der Waals surface area contributed by atoms with Gasteiger partial charge in [0.2, 0.25) is 0 Å². The van der Waals surface area contributed by atoms with Gasteiger partial charge in [-0.3, -0.25) is 34.5 Å². The molecule has 1 rings (SSSR count). The van der Waals surface area contributed by atoms with Crippen molar-refractivity contribution < 1.29 is 27.4 Å². The van der Waals surface area contributed by atoms with Gasteiger partial charge in [0, 0.05) is 0 Å². The molecule has 0 amide bonds. The summed E-state index contributed by atoms with van der Waals surface area (Å²) in [6.07, 6.45) is -1.36. The van der Waals surface area contributed by atoms with E-state index < -0.39 is 43.7 Å². The van der Waals surface area contributed by atoms with Crippen LogP contribution < -0.4 is 0 Å². The lowest BCUT2D eigenvalue weighted by molar-refractivity contribution is -0.970. The molecular weight excluding hydrogens is 338 g/mol. The number of nitro groups is 3. The summed E-state index contributed by atoms with van der Waals surface area (Å²) in [5, 5.41) is 32.1. The summed E-state index contributed by atoms with van der Waals surface area (Å²) in [7, 11) is -4.34. The van der Waals surface area contributed by atoms with Crippen LogP contribution in [-0.4, -0.2) is 35.6 Å².